The first-order chi connectivity index (χ1) is 12.1. The summed E-state index contributed by atoms with van der Waals surface area (Å²) in [5.41, 5.74) is 3.16. The third-order valence-corrected chi connectivity index (χ3v) is 5.05. The van der Waals surface area contributed by atoms with Crippen LogP contribution in [0.4, 0.5) is 0 Å². The van der Waals surface area contributed by atoms with Crippen LogP contribution >= 0.6 is 0 Å². The summed E-state index contributed by atoms with van der Waals surface area (Å²) in [6, 6.07) is 2.16. The zero-order chi connectivity index (χ0) is 19.2. The quantitative estimate of drug-likeness (QED) is 0.897. The molecule has 1 aliphatic rings. The molecule has 1 fully saturated rings. The average molecular weight is 358 g/mol. The summed E-state index contributed by atoms with van der Waals surface area (Å²) < 4.78 is 1.96. The van der Waals surface area contributed by atoms with E-state index in [1.165, 1.54) is 0 Å². The Morgan fingerprint density at radius 2 is 2.04 bits per heavy atom. The van der Waals surface area contributed by atoms with E-state index < -0.39 is 0 Å². The first-order valence-electron chi connectivity index (χ1n) is 9.53. The first kappa shape index (κ1) is 18.8. The molecule has 6 heteroatoms. The highest BCUT2D eigenvalue weighted by molar-refractivity contribution is 6.06. The highest BCUT2D eigenvalue weighted by Crippen LogP contribution is 2.30. The van der Waals surface area contributed by atoms with E-state index >= 15 is 0 Å². The fourth-order valence-corrected chi connectivity index (χ4v) is 3.54. The van der Waals surface area contributed by atoms with Gasteiger partial charge in [-0.15, -0.1) is 0 Å². The normalized spacial score (nSPS) is 18.8. The molecule has 3 heterocycles. The molecule has 1 N–H and O–H groups in total. The van der Waals surface area contributed by atoms with Gasteiger partial charge in [0.2, 0.25) is 0 Å². The Hall–Kier alpha value is -1.95. The molecule has 0 unspecified atom stereocenters. The van der Waals surface area contributed by atoms with Crippen LogP contribution < -0.4 is 5.32 Å². The van der Waals surface area contributed by atoms with Crippen LogP contribution in [0, 0.1) is 6.92 Å². The van der Waals surface area contributed by atoms with Gasteiger partial charge in [-0.2, -0.15) is 5.10 Å². The number of nitrogens with zero attached hydrogens (tertiary/aromatic N) is 4. The minimum absolute atomic E-state index is 0.0878. The number of fused-ring (bicyclic) bond motifs is 1. The van der Waals surface area contributed by atoms with E-state index in [1.54, 1.807) is 0 Å². The van der Waals surface area contributed by atoms with Crippen molar-refractivity contribution >= 4 is 16.9 Å². The Morgan fingerprint density at radius 1 is 1.35 bits per heavy atom. The minimum atomic E-state index is -0.197. The van der Waals surface area contributed by atoms with E-state index in [4.69, 9.17) is 10.1 Å². The molecule has 1 amide bonds. The number of hydrogen-bond donors (Lipinski definition) is 1. The van der Waals surface area contributed by atoms with Crippen molar-refractivity contribution in [1.29, 1.82) is 0 Å². The van der Waals surface area contributed by atoms with Crippen molar-refractivity contribution in [1.82, 2.24) is 25.0 Å². The number of rotatable bonds is 2. The van der Waals surface area contributed by atoms with Crippen LogP contribution in [-0.4, -0.2) is 51.2 Å². The third kappa shape index (κ3) is 3.22. The Labute approximate surface area is 156 Å². The van der Waals surface area contributed by atoms with Crippen molar-refractivity contribution in [3.8, 4) is 0 Å². The van der Waals surface area contributed by atoms with Gasteiger partial charge in [-0.25, -0.2) is 9.67 Å². The molecule has 0 aliphatic carbocycles. The average Bonchev–Trinajstić information content (AvgIpc) is 2.91. The van der Waals surface area contributed by atoms with Crippen LogP contribution in [0.5, 0.6) is 0 Å². The fourth-order valence-electron chi connectivity index (χ4n) is 3.54. The van der Waals surface area contributed by atoms with Gasteiger partial charge in [-0.3, -0.25) is 4.79 Å². The number of carbonyl (C=O) groups excluding carboxylic acids is 1. The maximum atomic E-state index is 13.4. The van der Waals surface area contributed by atoms with E-state index in [0.29, 0.717) is 0 Å². The second kappa shape index (κ2) is 6.65. The van der Waals surface area contributed by atoms with Crippen LogP contribution in [-0.2, 0) is 5.54 Å². The fraction of sp³-hybridized carbons (Fsp3) is 0.650. The number of hydrogen-bond acceptors (Lipinski definition) is 4. The predicted octanol–water partition coefficient (Wildman–Crippen LogP) is 3.05. The molecule has 1 aliphatic heterocycles. The van der Waals surface area contributed by atoms with Gasteiger partial charge >= 0.3 is 0 Å². The molecule has 0 radical (unpaired) electrons. The van der Waals surface area contributed by atoms with Gasteiger partial charge in [0, 0.05) is 31.4 Å². The van der Waals surface area contributed by atoms with Crippen molar-refractivity contribution < 1.29 is 4.79 Å². The lowest BCUT2D eigenvalue weighted by atomic mass is 10.0. The van der Waals surface area contributed by atoms with E-state index in [9.17, 15) is 4.79 Å². The van der Waals surface area contributed by atoms with Crippen molar-refractivity contribution in [2.45, 2.75) is 66.0 Å². The minimum Gasteiger partial charge on any atom is -0.333 e. The maximum Gasteiger partial charge on any atom is 0.255 e. The lowest BCUT2D eigenvalue weighted by molar-refractivity contribution is 0.0657. The largest absolute Gasteiger partial charge is 0.333 e. The van der Waals surface area contributed by atoms with Crippen LogP contribution in [0.1, 0.15) is 69.2 Å². The van der Waals surface area contributed by atoms with Gasteiger partial charge < -0.3 is 10.2 Å². The molecule has 2 aromatic heterocycles. The Balaban J connectivity index is 2.23. The lowest BCUT2D eigenvalue weighted by Gasteiger charge is -2.34. The third-order valence-electron chi connectivity index (χ3n) is 5.05. The highest BCUT2D eigenvalue weighted by atomic mass is 16.2. The SMILES string of the molecule is Cc1nn(C(C)(C)C)c2nc(C(C)C)cc(C(=O)N3CCNC[C@H]3C)c12. The monoisotopic (exact) mass is 357 g/mol. The Bertz CT molecular complexity index is 831. The summed E-state index contributed by atoms with van der Waals surface area (Å²) in [6.07, 6.45) is 0. The van der Waals surface area contributed by atoms with Crippen molar-refractivity contribution in [2.75, 3.05) is 19.6 Å². The first-order valence-corrected chi connectivity index (χ1v) is 9.53. The number of nitrogens with one attached hydrogen (secondary N) is 1. The van der Waals surface area contributed by atoms with E-state index in [-0.39, 0.29) is 23.4 Å². The van der Waals surface area contributed by atoms with Crippen LogP contribution in [0.3, 0.4) is 0 Å². The molecule has 3 rings (SSSR count). The molecule has 142 valence electrons. The number of aromatic nitrogens is 3. The number of amides is 1. The van der Waals surface area contributed by atoms with Crippen molar-refractivity contribution in [3.05, 3.63) is 23.0 Å². The zero-order valence-corrected chi connectivity index (χ0v) is 17.1. The second-order valence-electron chi connectivity index (χ2n) is 8.67. The summed E-state index contributed by atoms with van der Waals surface area (Å²) >= 11 is 0. The molecule has 0 aromatic carbocycles. The standard InChI is InChI=1S/C20H31N5O/c1-12(2)16-10-15(19(26)24-9-8-21-11-13(24)3)17-14(4)23-25(18(17)22-16)20(5,6)7/h10,12-13,21H,8-9,11H2,1-7H3/t13-/m1/s1. The summed E-state index contributed by atoms with van der Waals surface area (Å²) in [5.74, 6) is 0.333. The summed E-state index contributed by atoms with van der Waals surface area (Å²) in [7, 11) is 0. The molecular weight excluding hydrogens is 326 g/mol. The molecule has 1 atom stereocenters. The zero-order valence-electron chi connectivity index (χ0n) is 17.1. The molecule has 0 saturated carbocycles. The van der Waals surface area contributed by atoms with Crippen molar-refractivity contribution in [2.24, 2.45) is 0 Å². The van der Waals surface area contributed by atoms with Gasteiger partial charge in [0.05, 0.1) is 22.2 Å². The topological polar surface area (TPSA) is 63.1 Å². The molecule has 26 heavy (non-hydrogen) atoms. The molecule has 6 nitrogen and oxygen atoms in total. The number of piperazine rings is 1. The van der Waals surface area contributed by atoms with Crippen molar-refractivity contribution in [3.63, 3.8) is 0 Å². The van der Waals surface area contributed by atoms with Gasteiger partial charge in [-0.05, 0) is 46.6 Å². The number of pyridine rings is 1. The Kier molecular flexibility index (Phi) is 4.82. The van der Waals surface area contributed by atoms with Gasteiger partial charge in [0.15, 0.2) is 5.65 Å². The van der Waals surface area contributed by atoms with E-state index in [1.807, 2.05) is 22.6 Å². The molecule has 0 bridgehead atoms. The van der Waals surface area contributed by atoms with E-state index in [0.717, 1.165) is 47.6 Å². The summed E-state index contributed by atoms with van der Waals surface area (Å²) in [4.78, 5) is 20.3. The molecule has 0 spiro atoms. The second-order valence-corrected chi connectivity index (χ2v) is 8.67. The maximum absolute atomic E-state index is 13.4. The lowest BCUT2D eigenvalue weighted by Crippen LogP contribution is -2.52. The molecular formula is C20H31N5O. The smallest absolute Gasteiger partial charge is 0.255 e. The van der Waals surface area contributed by atoms with E-state index in [2.05, 4.69) is 46.9 Å². The summed E-state index contributed by atoms with van der Waals surface area (Å²) in [6.45, 7) is 17.0. The van der Waals surface area contributed by atoms with Crippen LogP contribution in [0.15, 0.2) is 6.07 Å². The highest BCUT2D eigenvalue weighted by Gasteiger charge is 2.29. The molecule has 2 aromatic rings. The Morgan fingerprint density at radius 3 is 2.62 bits per heavy atom. The van der Waals surface area contributed by atoms with Gasteiger partial charge in [0.1, 0.15) is 0 Å². The number of carbonyl (C=O) groups is 1. The van der Waals surface area contributed by atoms with Gasteiger partial charge in [-0.1, -0.05) is 13.8 Å². The molecule has 1 saturated heterocycles. The number of aryl methyl sites for hydroxylation is 1. The summed E-state index contributed by atoms with van der Waals surface area (Å²) in [5, 5.41) is 8.98. The van der Waals surface area contributed by atoms with Crippen LogP contribution in [0.2, 0.25) is 0 Å². The van der Waals surface area contributed by atoms with Gasteiger partial charge in [0.25, 0.3) is 5.91 Å². The van der Waals surface area contributed by atoms with Crippen LogP contribution in [0.25, 0.3) is 11.0 Å². The predicted molar refractivity (Wildman–Crippen MR) is 105 cm³/mol.